The lowest BCUT2D eigenvalue weighted by Gasteiger charge is -2.38. The number of benzene rings is 1. The molecule has 0 spiro atoms. The first kappa shape index (κ1) is 28.2. The smallest absolute Gasteiger partial charge is 0.357 e. The first-order valence-electron chi connectivity index (χ1n) is 15.2. The number of likely N-dealkylation sites (tertiary alicyclic amines) is 2. The number of anilines is 1. The first-order valence-corrected chi connectivity index (χ1v) is 15.2. The summed E-state index contributed by atoms with van der Waals surface area (Å²) in [5.74, 6) is -0.540. The predicted molar refractivity (Wildman–Crippen MR) is 154 cm³/mol. The number of ether oxygens (including phenoxy) is 1. The number of aromatic nitrogens is 1. The molecule has 1 saturated carbocycles. The Hall–Kier alpha value is -2.98. The summed E-state index contributed by atoms with van der Waals surface area (Å²) < 4.78 is 20.5. The van der Waals surface area contributed by atoms with E-state index in [1.807, 2.05) is 41.5 Å². The zero-order valence-corrected chi connectivity index (χ0v) is 24.1. The highest BCUT2D eigenvalue weighted by molar-refractivity contribution is 6.02. The van der Waals surface area contributed by atoms with E-state index >= 15 is 0 Å². The van der Waals surface area contributed by atoms with Crippen molar-refractivity contribution in [2.24, 2.45) is 17.6 Å². The van der Waals surface area contributed by atoms with Crippen LogP contribution in [-0.4, -0.2) is 76.6 Å². The van der Waals surface area contributed by atoms with E-state index in [1.54, 1.807) is 6.07 Å². The molecule has 41 heavy (non-hydrogen) atoms. The predicted octanol–water partition coefficient (Wildman–Crippen LogP) is 4.00. The molecule has 4 heterocycles. The van der Waals surface area contributed by atoms with Crippen molar-refractivity contribution in [3.8, 4) is 0 Å². The van der Waals surface area contributed by atoms with E-state index in [0.29, 0.717) is 30.8 Å². The Kier molecular flexibility index (Phi) is 7.57. The molecule has 2 saturated heterocycles. The van der Waals surface area contributed by atoms with Crippen LogP contribution in [0.25, 0.3) is 10.9 Å². The molecule has 2 amide bonds. The number of piperidine rings is 1. The number of cyclic esters (lactones) is 1. The summed E-state index contributed by atoms with van der Waals surface area (Å²) in [6.07, 6.45) is 7.03. The number of alkyl halides is 1. The molecule has 6 rings (SSSR count). The van der Waals surface area contributed by atoms with Gasteiger partial charge >= 0.3 is 5.97 Å². The van der Waals surface area contributed by atoms with Crippen molar-refractivity contribution in [1.82, 2.24) is 14.4 Å². The molecule has 9 nitrogen and oxygen atoms in total. The Morgan fingerprint density at radius 3 is 2.51 bits per heavy atom. The Balaban J connectivity index is 1.22. The van der Waals surface area contributed by atoms with E-state index in [0.717, 1.165) is 56.1 Å². The number of carbonyl (C=O) groups is 3. The number of esters is 1. The summed E-state index contributed by atoms with van der Waals surface area (Å²) in [4.78, 5) is 44.5. The average Bonchev–Trinajstić information content (AvgIpc) is 3.65. The molecule has 0 bridgehead atoms. The summed E-state index contributed by atoms with van der Waals surface area (Å²) in [5, 5.41) is 3.96. The molecular formula is C31H42FN5O4. The number of hydrogen-bond donors (Lipinski definition) is 2. The number of rotatable bonds is 6. The molecule has 1 aromatic heterocycles. The molecule has 4 aliphatic rings. The van der Waals surface area contributed by atoms with Crippen molar-refractivity contribution in [3.05, 3.63) is 30.0 Å². The van der Waals surface area contributed by atoms with Gasteiger partial charge in [-0.3, -0.25) is 19.1 Å². The second kappa shape index (κ2) is 11.0. The highest BCUT2D eigenvalue weighted by Crippen LogP contribution is 2.37. The van der Waals surface area contributed by atoms with Gasteiger partial charge in [0, 0.05) is 35.6 Å². The lowest BCUT2D eigenvalue weighted by Crippen LogP contribution is -2.55. The van der Waals surface area contributed by atoms with Gasteiger partial charge in [0.05, 0.1) is 5.52 Å². The molecule has 3 N–H and O–H groups in total. The van der Waals surface area contributed by atoms with Gasteiger partial charge in [-0.1, -0.05) is 6.42 Å². The maximum atomic E-state index is 14.0. The number of fused-ring (bicyclic) bond motifs is 3. The van der Waals surface area contributed by atoms with E-state index in [9.17, 15) is 18.8 Å². The van der Waals surface area contributed by atoms with Gasteiger partial charge in [-0.05, 0) is 102 Å². The Morgan fingerprint density at radius 1 is 1.07 bits per heavy atom. The third kappa shape index (κ3) is 5.14. The number of nitrogens with zero attached hydrogens (tertiary/aromatic N) is 3. The van der Waals surface area contributed by atoms with Gasteiger partial charge in [-0.15, -0.1) is 0 Å². The van der Waals surface area contributed by atoms with Crippen molar-refractivity contribution in [1.29, 1.82) is 0 Å². The number of carbonyl (C=O) groups excluding carboxylic acids is 3. The van der Waals surface area contributed by atoms with E-state index in [4.69, 9.17) is 10.5 Å². The van der Waals surface area contributed by atoms with E-state index in [-0.39, 0.29) is 35.7 Å². The largest absolute Gasteiger partial charge is 0.434 e. The van der Waals surface area contributed by atoms with Crippen molar-refractivity contribution in [2.45, 2.75) is 89.1 Å². The zero-order valence-electron chi connectivity index (χ0n) is 24.1. The second-order valence-electron chi connectivity index (χ2n) is 12.8. The minimum Gasteiger partial charge on any atom is -0.434 e. The standard InChI is InChI=1S/C31H42FN5O4/c1-31(2)37-24-11-10-22(16-21(24)17-26(37)30(40)41-31)34-28(38)27-25(35-13-4-3-5-14-35)12-15-36(27)29(39)20-8-6-19(7-9-20)23(33)18-32/h10-11,16-17,19-20,23,25,27H,3-9,12-15,18,33H2,1-2H3,(H,34,38)/t19?,20?,23-,25-,27+/m1/s1. The summed E-state index contributed by atoms with van der Waals surface area (Å²) in [6, 6.07) is 6.37. The maximum absolute atomic E-state index is 14.0. The zero-order chi connectivity index (χ0) is 28.9. The number of amides is 2. The van der Waals surface area contributed by atoms with Crippen LogP contribution in [0.5, 0.6) is 0 Å². The minimum absolute atomic E-state index is 0.0202. The Morgan fingerprint density at radius 2 is 1.80 bits per heavy atom. The van der Waals surface area contributed by atoms with Crippen LogP contribution in [0.4, 0.5) is 10.1 Å². The number of nitrogens with two attached hydrogens (primary N) is 1. The minimum atomic E-state index is -0.776. The van der Waals surface area contributed by atoms with E-state index in [2.05, 4.69) is 10.2 Å². The van der Waals surface area contributed by atoms with Gasteiger partial charge < -0.3 is 20.7 Å². The van der Waals surface area contributed by atoms with E-state index < -0.39 is 24.5 Å². The van der Waals surface area contributed by atoms with Gasteiger partial charge in [0.25, 0.3) is 0 Å². The van der Waals surface area contributed by atoms with Crippen molar-refractivity contribution in [2.75, 3.05) is 31.6 Å². The quantitative estimate of drug-likeness (QED) is 0.511. The highest BCUT2D eigenvalue weighted by atomic mass is 19.1. The molecule has 0 radical (unpaired) electrons. The number of hydrogen-bond acceptors (Lipinski definition) is 6. The van der Waals surface area contributed by atoms with E-state index in [1.165, 1.54) is 6.42 Å². The van der Waals surface area contributed by atoms with Crippen molar-refractivity contribution in [3.63, 3.8) is 0 Å². The summed E-state index contributed by atoms with van der Waals surface area (Å²) in [5.41, 5.74) is 7.16. The van der Waals surface area contributed by atoms with Crippen LogP contribution < -0.4 is 11.1 Å². The third-order valence-electron chi connectivity index (χ3n) is 9.84. The molecule has 1 aliphatic carbocycles. The molecule has 2 aromatic rings. The fourth-order valence-electron chi connectivity index (χ4n) is 7.69. The van der Waals surface area contributed by atoms with Crippen LogP contribution in [0.15, 0.2) is 24.3 Å². The summed E-state index contributed by atoms with van der Waals surface area (Å²) >= 11 is 0. The Bertz CT molecular complexity index is 1330. The van der Waals surface area contributed by atoms with Gasteiger partial charge in [-0.2, -0.15) is 0 Å². The van der Waals surface area contributed by atoms with Crippen LogP contribution in [0.2, 0.25) is 0 Å². The summed E-state index contributed by atoms with van der Waals surface area (Å²) in [7, 11) is 0. The van der Waals surface area contributed by atoms with Crippen LogP contribution >= 0.6 is 0 Å². The first-order chi connectivity index (χ1) is 19.7. The SMILES string of the molecule is CC1(C)OC(=O)c2cc3cc(NC(=O)[C@@H]4[C@H](N5CCCCC5)CCN4C(=O)C4CCC([C@H](N)CF)CC4)ccc3n21. The highest BCUT2D eigenvalue weighted by Gasteiger charge is 2.46. The van der Waals surface area contributed by atoms with Crippen molar-refractivity contribution >= 4 is 34.4 Å². The van der Waals surface area contributed by atoms with Crippen LogP contribution in [0, 0.1) is 11.8 Å². The molecule has 222 valence electrons. The Labute approximate surface area is 240 Å². The monoisotopic (exact) mass is 567 g/mol. The topological polar surface area (TPSA) is 110 Å². The average molecular weight is 568 g/mol. The normalized spacial score (nSPS) is 28.9. The van der Waals surface area contributed by atoms with Gasteiger partial charge in [0.2, 0.25) is 11.8 Å². The molecule has 3 fully saturated rings. The van der Waals surface area contributed by atoms with Gasteiger partial charge in [0.15, 0.2) is 5.72 Å². The lowest BCUT2D eigenvalue weighted by atomic mass is 9.78. The summed E-state index contributed by atoms with van der Waals surface area (Å²) in [6.45, 7) is 5.61. The fourth-order valence-corrected chi connectivity index (χ4v) is 7.69. The second-order valence-corrected chi connectivity index (χ2v) is 12.8. The lowest BCUT2D eigenvalue weighted by molar-refractivity contribution is -0.142. The molecule has 3 aliphatic heterocycles. The number of nitrogens with one attached hydrogen (secondary N) is 1. The maximum Gasteiger partial charge on any atom is 0.357 e. The van der Waals surface area contributed by atoms with Crippen LogP contribution in [-0.2, 0) is 20.1 Å². The van der Waals surface area contributed by atoms with Crippen LogP contribution in [0.3, 0.4) is 0 Å². The van der Waals surface area contributed by atoms with Gasteiger partial charge in [0.1, 0.15) is 18.4 Å². The molecular weight excluding hydrogens is 525 g/mol. The molecule has 3 atom stereocenters. The van der Waals surface area contributed by atoms with Gasteiger partial charge in [-0.25, -0.2) is 9.18 Å². The molecule has 1 aromatic carbocycles. The third-order valence-corrected chi connectivity index (χ3v) is 9.84. The molecule has 0 unspecified atom stereocenters. The van der Waals surface area contributed by atoms with Crippen LogP contribution in [0.1, 0.15) is 75.7 Å². The number of halogens is 1. The molecule has 10 heteroatoms. The fraction of sp³-hybridized carbons (Fsp3) is 0.645. The van der Waals surface area contributed by atoms with Crippen molar-refractivity contribution < 1.29 is 23.5 Å².